The Bertz CT molecular complexity index is 447. The molecule has 7 nitrogen and oxygen atoms in total. The number of hydrazone groups is 1. The van der Waals surface area contributed by atoms with E-state index >= 15 is 0 Å². The van der Waals surface area contributed by atoms with E-state index in [1.807, 2.05) is 20.8 Å². The summed E-state index contributed by atoms with van der Waals surface area (Å²) in [6.45, 7) is 11.8. The molecule has 0 saturated carbocycles. The minimum Gasteiger partial charge on any atom is -0.444 e. The van der Waals surface area contributed by atoms with Crippen LogP contribution in [0.1, 0.15) is 54.4 Å². The maximum Gasteiger partial charge on any atom is 0.428 e. The van der Waals surface area contributed by atoms with Gasteiger partial charge in [0.05, 0.1) is 12.3 Å². The fourth-order valence-corrected chi connectivity index (χ4v) is 1.85. The summed E-state index contributed by atoms with van der Waals surface area (Å²) < 4.78 is 10.4. The van der Waals surface area contributed by atoms with Crippen molar-refractivity contribution in [1.29, 1.82) is 0 Å². The van der Waals surface area contributed by atoms with Crippen molar-refractivity contribution < 1.29 is 19.1 Å². The number of carbonyl (C=O) groups is 2. The van der Waals surface area contributed by atoms with Gasteiger partial charge < -0.3 is 14.4 Å². The highest BCUT2D eigenvalue weighted by Gasteiger charge is 2.26. The van der Waals surface area contributed by atoms with Crippen molar-refractivity contribution in [2.45, 2.75) is 65.6 Å². The lowest BCUT2D eigenvalue weighted by molar-refractivity contribution is 0.0266. The molecule has 0 unspecified atom stereocenters. The fourth-order valence-electron chi connectivity index (χ4n) is 1.85. The van der Waals surface area contributed by atoms with Crippen LogP contribution in [0, 0.1) is 0 Å². The molecule has 1 N–H and O–H groups in total. The van der Waals surface area contributed by atoms with Crippen LogP contribution in [0.15, 0.2) is 5.10 Å². The Labute approximate surface area is 132 Å². The molecule has 0 bridgehead atoms. The zero-order chi connectivity index (χ0) is 17.0. The lowest BCUT2D eigenvalue weighted by Gasteiger charge is -2.30. The molecule has 1 aliphatic rings. The molecule has 0 aliphatic carbocycles. The Balaban J connectivity index is 2.54. The van der Waals surface area contributed by atoms with Gasteiger partial charge in [-0.15, -0.1) is 0 Å². The molecule has 1 rings (SSSR count). The molecule has 2 amide bonds. The summed E-state index contributed by atoms with van der Waals surface area (Å²) in [6, 6.07) is 0. The van der Waals surface area contributed by atoms with E-state index in [2.05, 4.69) is 10.5 Å². The number of likely N-dealkylation sites (tertiary alicyclic amines) is 1. The SMILES string of the molecule is CC(C)(C)OC(=O)N/N=C1/CCCN(C(=O)OC(C)(C)C)C1. The normalized spacial score (nSPS) is 18.1. The Morgan fingerprint density at radius 1 is 1.09 bits per heavy atom. The number of amides is 2. The van der Waals surface area contributed by atoms with E-state index in [4.69, 9.17) is 9.47 Å². The van der Waals surface area contributed by atoms with Crippen LogP contribution in [0.4, 0.5) is 9.59 Å². The minimum atomic E-state index is -0.602. The van der Waals surface area contributed by atoms with E-state index in [1.165, 1.54) is 0 Å². The molecule has 1 heterocycles. The molecule has 1 aliphatic heterocycles. The van der Waals surface area contributed by atoms with E-state index in [0.717, 1.165) is 18.6 Å². The first-order chi connectivity index (χ1) is 9.96. The first-order valence-electron chi connectivity index (χ1n) is 7.49. The third-order valence-electron chi connectivity index (χ3n) is 2.62. The lowest BCUT2D eigenvalue weighted by Crippen LogP contribution is -2.43. The molecule has 1 fully saturated rings. The molecule has 0 spiro atoms. The van der Waals surface area contributed by atoms with Gasteiger partial charge in [-0.2, -0.15) is 5.10 Å². The molecule has 0 atom stereocenters. The first-order valence-corrected chi connectivity index (χ1v) is 7.49. The van der Waals surface area contributed by atoms with Crippen molar-refractivity contribution in [2.24, 2.45) is 5.10 Å². The van der Waals surface area contributed by atoms with Crippen molar-refractivity contribution in [3.05, 3.63) is 0 Å². The highest BCUT2D eigenvalue weighted by atomic mass is 16.6. The van der Waals surface area contributed by atoms with Crippen LogP contribution in [0.2, 0.25) is 0 Å². The van der Waals surface area contributed by atoms with Gasteiger partial charge in [0.2, 0.25) is 0 Å². The summed E-state index contributed by atoms with van der Waals surface area (Å²) in [7, 11) is 0. The highest BCUT2D eigenvalue weighted by Crippen LogP contribution is 2.14. The number of nitrogens with zero attached hydrogens (tertiary/aromatic N) is 2. The number of nitrogens with one attached hydrogen (secondary N) is 1. The molecule has 0 radical (unpaired) electrons. The fraction of sp³-hybridized carbons (Fsp3) is 0.800. The molecule has 0 aromatic heterocycles. The number of carbonyl (C=O) groups excluding carboxylic acids is 2. The first kappa shape index (κ1) is 18.3. The van der Waals surface area contributed by atoms with Gasteiger partial charge >= 0.3 is 12.2 Å². The van der Waals surface area contributed by atoms with Gasteiger partial charge in [0.15, 0.2) is 0 Å². The average Bonchev–Trinajstić information content (AvgIpc) is 2.32. The second-order valence-electron chi connectivity index (χ2n) is 7.30. The summed E-state index contributed by atoms with van der Waals surface area (Å²) in [5, 5.41) is 4.04. The Kier molecular flexibility index (Phi) is 5.79. The molecule has 7 heteroatoms. The molecule has 0 aromatic carbocycles. The van der Waals surface area contributed by atoms with Gasteiger partial charge in [-0.05, 0) is 54.4 Å². The molecular formula is C15H27N3O4. The minimum absolute atomic E-state index is 0.352. The number of ether oxygens (including phenoxy) is 2. The highest BCUT2D eigenvalue weighted by molar-refractivity contribution is 5.90. The van der Waals surface area contributed by atoms with Crippen molar-refractivity contribution in [3.63, 3.8) is 0 Å². The van der Waals surface area contributed by atoms with Crippen LogP contribution < -0.4 is 5.43 Å². The largest absolute Gasteiger partial charge is 0.444 e. The average molecular weight is 313 g/mol. The van der Waals surface area contributed by atoms with Gasteiger partial charge in [-0.3, -0.25) is 0 Å². The maximum absolute atomic E-state index is 12.0. The monoisotopic (exact) mass is 313 g/mol. The Hall–Kier alpha value is -1.79. The molecule has 1 saturated heterocycles. The number of hydrogen-bond donors (Lipinski definition) is 1. The van der Waals surface area contributed by atoms with Crippen LogP contribution >= 0.6 is 0 Å². The zero-order valence-electron chi connectivity index (χ0n) is 14.4. The second-order valence-corrected chi connectivity index (χ2v) is 7.30. The summed E-state index contributed by atoms with van der Waals surface area (Å²) in [5.41, 5.74) is 1.99. The predicted molar refractivity (Wildman–Crippen MR) is 83.8 cm³/mol. The lowest BCUT2D eigenvalue weighted by atomic mass is 10.1. The van der Waals surface area contributed by atoms with Crippen molar-refractivity contribution in [2.75, 3.05) is 13.1 Å². The van der Waals surface area contributed by atoms with Gasteiger partial charge in [0, 0.05) is 6.54 Å². The predicted octanol–water partition coefficient (Wildman–Crippen LogP) is 2.90. The zero-order valence-corrected chi connectivity index (χ0v) is 14.4. The molecule has 126 valence electrons. The van der Waals surface area contributed by atoms with E-state index in [9.17, 15) is 9.59 Å². The van der Waals surface area contributed by atoms with E-state index in [0.29, 0.717) is 13.1 Å². The smallest absolute Gasteiger partial charge is 0.428 e. The molecule has 22 heavy (non-hydrogen) atoms. The van der Waals surface area contributed by atoms with Crippen molar-refractivity contribution >= 4 is 17.9 Å². The molecular weight excluding hydrogens is 286 g/mol. The van der Waals surface area contributed by atoms with Gasteiger partial charge in [0.1, 0.15) is 11.2 Å². The Morgan fingerprint density at radius 3 is 2.23 bits per heavy atom. The van der Waals surface area contributed by atoms with Crippen molar-refractivity contribution in [1.82, 2.24) is 10.3 Å². The summed E-state index contributed by atoms with van der Waals surface area (Å²) in [5.74, 6) is 0. The van der Waals surface area contributed by atoms with Crippen LogP contribution in [0.5, 0.6) is 0 Å². The van der Waals surface area contributed by atoms with Gasteiger partial charge in [-0.25, -0.2) is 15.0 Å². The topological polar surface area (TPSA) is 80.2 Å². The number of hydrogen-bond acceptors (Lipinski definition) is 5. The van der Waals surface area contributed by atoms with Crippen LogP contribution in [0.3, 0.4) is 0 Å². The van der Waals surface area contributed by atoms with E-state index < -0.39 is 17.3 Å². The van der Waals surface area contributed by atoms with E-state index in [-0.39, 0.29) is 6.09 Å². The Morgan fingerprint density at radius 2 is 1.68 bits per heavy atom. The summed E-state index contributed by atoms with van der Waals surface area (Å²) in [6.07, 6.45) is 0.551. The second kappa shape index (κ2) is 6.98. The summed E-state index contributed by atoms with van der Waals surface area (Å²) in [4.78, 5) is 25.2. The maximum atomic E-state index is 12.0. The van der Waals surface area contributed by atoms with Gasteiger partial charge in [0.25, 0.3) is 0 Å². The molecule has 0 aromatic rings. The quantitative estimate of drug-likeness (QED) is 0.755. The number of piperidine rings is 1. The van der Waals surface area contributed by atoms with Crippen LogP contribution in [0.25, 0.3) is 0 Å². The van der Waals surface area contributed by atoms with Gasteiger partial charge in [-0.1, -0.05) is 0 Å². The van der Waals surface area contributed by atoms with Crippen LogP contribution in [-0.2, 0) is 9.47 Å². The van der Waals surface area contributed by atoms with Crippen molar-refractivity contribution in [3.8, 4) is 0 Å². The number of rotatable bonds is 1. The summed E-state index contributed by atoms with van der Waals surface area (Å²) >= 11 is 0. The third kappa shape index (κ3) is 7.28. The van der Waals surface area contributed by atoms with Crippen LogP contribution in [-0.4, -0.2) is 47.1 Å². The van der Waals surface area contributed by atoms with E-state index in [1.54, 1.807) is 25.7 Å². The standard InChI is InChI=1S/C15H27N3O4/c1-14(2,3)21-12(19)17-16-11-8-7-9-18(10-11)13(20)22-15(4,5)6/h7-10H2,1-6H3,(H,17,19)/b16-11-. The third-order valence-corrected chi connectivity index (χ3v) is 2.62.